The van der Waals surface area contributed by atoms with Crippen LogP contribution in [0.3, 0.4) is 0 Å². The van der Waals surface area contributed by atoms with Gasteiger partial charge in [0.2, 0.25) is 0 Å². The molecule has 0 amide bonds. The Balaban J connectivity index is 2.16. The molecule has 1 aromatic rings. The average molecular weight is 194 g/mol. The third kappa shape index (κ3) is 1.95. The molecule has 2 rings (SSSR count). The molecule has 14 heavy (non-hydrogen) atoms. The zero-order valence-electron chi connectivity index (χ0n) is 8.12. The molecule has 0 aromatic heterocycles. The molecule has 0 heterocycles. The van der Waals surface area contributed by atoms with Gasteiger partial charge in [-0.05, 0) is 30.5 Å². The Kier molecular flexibility index (Phi) is 2.82. The van der Waals surface area contributed by atoms with Gasteiger partial charge in [0.1, 0.15) is 5.82 Å². The minimum Gasteiger partial charge on any atom is -0.392 e. The molecule has 0 bridgehead atoms. The minimum atomic E-state index is -0.241. The van der Waals surface area contributed by atoms with Crippen molar-refractivity contribution >= 4 is 0 Å². The predicted octanol–water partition coefficient (Wildman–Crippen LogP) is 2.84. The first-order valence-electron chi connectivity index (χ1n) is 5.21. The quantitative estimate of drug-likeness (QED) is 0.728. The number of benzene rings is 1. The van der Waals surface area contributed by atoms with Crippen LogP contribution in [0.25, 0.3) is 0 Å². The minimum absolute atomic E-state index is 0.209. The molecule has 0 aliphatic heterocycles. The fourth-order valence-corrected chi connectivity index (χ4v) is 2.21. The van der Waals surface area contributed by atoms with E-state index in [1.807, 2.05) is 0 Å². The Morgan fingerprint density at radius 3 is 2.36 bits per heavy atom. The van der Waals surface area contributed by atoms with Crippen LogP contribution in [0.1, 0.15) is 37.2 Å². The van der Waals surface area contributed by atoms with Gasteiger partial charge >= 0.3 is 0 Å². The van der Waals surface area contributed by atoms with Crippen LogP contribution in [0.5, 0.6) is 0 Å². The average Bonchev–Trinajstić information content (AvgIpc) is 2.20. The van der Waals surface area contributed by atoms with Gasteiger partial charge in [-0.2, -0.15) is 0 Å². The monoisotopic (exact) mass is 194 g/mol. The van der Waals surface area contributed by atoms with Crippen LogP contribution in [0, 0.1) is 5.82 Å². The number of rotatable bonds is 1. The van der Waals surface area contributed by atoms with Gasteiger partial charge in [0.25, 0.3) is 0 Å². The van der Waals surface area contributed by atoms with Crippen LogP contribution in [0.2, 0.25) is 0 Å². The lowest BCUT2D eigenvalue weighted by Gasteiger charge is -2.27. The van der Waals surface area contributed by atoms with E-state index in [0.29, 0.717) is 0 Å². The van der Waals surface area contributed by atoms with Crippen molar-refractivity contribution in [1.29, 1.82) is 0 Å². The summed E-state index contributed by atoms with van der Waals surface area (Å²) < 4.78 is 12.7. The Morgan fingerprint density at radius 1 is 1.07 bits per heavy atom. The first-order chi connectivity index (χ1) is 6.77. The van der Waals surface area contributed by atoms with Crippen LogP contribution >= 0.6 is 0 Å². The van der Waals surface area contributed by atoms with E-state index in [-0.39, 0.29) is 17.8 Å². The fraction of sp³-hybridized carbons (Fsp3) is 0.500. The van der Waals surface area contributed by atoms with Crippen LogP contribution in [-0.2, 0) is 0 Å². The summed E-state index contributed by atoms with van der Waals surface area (Å²) in [5.74, 6) is 0.00315. The summed E-state index contributed by atoms with van der Waals surface area (Å²) >= 11 is 0. The molecule has 0 spiro atoms. The molecule has 2 heteroatoms. The lowest BCUT2D eigenvalue weighted by atomic mass is 9.82. The van der Waals surface area contributed by atoms with Crippen molar-refractivity contribution in [3.05, 3.63) is 35.6 Å². The molecule has 0 unspecified atom stereocenters. The number of aliphatic hydroxyl groups is 1. The second-order valence-corrected chi connectivity index (χ2v) is 4.01. The van der Waals surface area contributed by atoms with E-state index in [1.54, 1.807) is 12.1 Å². The third-order valence-electron chi connectivity index (χ3n) is 3.03. The molecular weight excluding hydrogens is 179 g/mol. The highest BCUT2D eigenvalue weighted by Crippen LogP contribution is 2.32. The number of hydrogen-bond acceptors (Lipinski definition) is 1. The second kappa shape index (κ2) is 4.09. The maximum Gasteiger partial charge on any atom is 0.123 e. The maximum atomic E-state index is 12.7. The van der Waals surface area contributed by atoms with Crippen LogP contribution < -0.4 is 0 Å². The summed E-state index contributed by atoms with van der Waals surface area (Å²) in [4.78, 5) is 0. The van der Waals surface area contributed by atoms with E-state index in [2.05, 4.69) is 0 Å². The highest BCUT2D eigenvalue weighted by Gasteiger charge is 2.24. The molecule has 1 aliphatic carbocycles. The summed E-state index contributed by atoms with van der Waals surface area (Å²) in [6.07, 6.45) is 3.93. The van der Waals surface area contributed by atoms with Gasteiger partial charge in [0.05, 0.1) is 6.10 Å². The molecular formula is C12H15FO. The van der Waals surface area contributed by atoms with Crippen molar-refractivity contribution in [2.45, 2.75) is 37.7 Å². The number of hydrogen-bond donors (Lipinski definition) is 1. The van der Waals surface area contributed by atoms with Gasteiger partial charge in [-0.3, -0.25) is 0 Å². The Bertz CT molecular complexity index is 294. The molecule has 1 aromatic carbocycles. The van der Waals surface area contributed by atoms with E-state index in [1.165, 1.54) is 18.6 Å². The van der Waals surface area contributed by atoms with E-state index in [4.69, 9.17) is 0 Å². The largest absolute Gasteiger partial charge is 0.392 e. The van der Waals surface area contributed by atoms with Crippen molar-refractivity contribution in [3.8, 4) is 0 Å². The number of aliphatic hydroxyl groups excluding tert-OH is 1. The topological polar surface area (TPSA) is 20.2 Å². The van der Waals surface area contributed by atoms with Gasteiger partial charge in [-0.15, -0.1) is 0 Å². The van der Waals surface area contributed by atoms with Gasteiger partial charge in [0, 0.05) is 5.92 Å². The summed E-state index contributed by atoms with van der Waals surface area (Å²) in [5.41, 5.74) is 1.07. The zero-order valence-corrected chi connectivity index (χ0v) is 8.12. The Morgan fingerprint density at radius 2 is 1.71 bits per heavy atom. The Hall–Kier alpha value is -0.890. The molecule has 1 nitrogen and oxygen atoms in total. The standard InChI is InChI=1S/C12H15FO/c13-10-7-5-9(6-8-10)11-3-1-2-4-12(11)14/h5-8,11-12,14H,1-4H2/t11-,12-/m1/s1. The lowest BCUT2D eigenvalue weighted by Crippen LogP contribution is -2.22. The number of halogens is 1. The molecule has 1 fully saturated rings. The molecule has 1 N–H and O–H groups in total. The van der Waals surface area contributed by atoms with Crippen molar-refractivity contribution in [2.75, 3.05) is 0 Å². The smallest absolute Gasteiger partial charge is 0.123 e. The molecule has 2 atom stereocenters. The van der Waals surface area contributed by atoms with Crippen molar-refractivity contribution < 1.29 is 9.50 Å². The van der Waals surface area contributed by atoms with E-state index in [0.717, 1.165) is 24.8 Å². The van der Waals surface area contributed by atoms with Crippen molar-refractivity contribution in [2.24, 2.45) is 0 Å². The van der Waals surface area contributed by atoms with Crippen LogP contribution in [0.4, 0.5) is 4.39 Å². The van der Waals surface area contributed by atoms with E-state index >= 15 is 0 Å². The summed E-state index contributed by atoms with van der Waals surface area (Å²) in [6, 6.07) is 6.51. The van der Waals surface area contributed by atoms with Gasteiger partial charge in [-0.1, -0.05) is 25.0 Å². The second-order valence-electron chi connectivity index (χ2n) is 4.01. The van der Waals surface area contributed by atoms with Gasteiger partial charge < -0.3 is 5.11 Å². The predicted molar refractivity (Wildman–Crippen MR) is 53.6 cm³/mol. The van der Waals surface area contributed by atoms with Crippen molar-refractivity contribution in [3.63, 3.8) is 0 Å². The SMILES string of the molecule is O[C@@H]1CCCC[C@@H]1c1ccc(F)cc1. The van der Waals surface area contributed by atoms with E-state index in [9.17, 15) is 9.50 Å². The highest BCUT2D eigenvalue weighted by molar-refractivity contribution is 5.22. The normalized spacial score (nSPS) is 27.6. The maximum absolute atomic E-state index is 12.7. The molecule has 0 radical (unpaired) electrons. The molecule has 1 saturated carbocycles. The van der Waals surface area contributed by atoms with Crippen LogP contribution in [-0.4, -0.2) is 11.2 Å². The Labute approximate surface area is 83.6 Å². The van der Waals surface area contributed by atoms with Gasteiger partial charge in [0.15, 0.2) is 0 Å². The lowest BCUT2D eigenvalue weighted by molar-refractivity contribution is 0.106. The van der Waals surface area contributed by atoms with E-state index < -0.39 is 0 Å². The first kappa shape index (κ1) is 9.66. The summed E-state index contributed by atoms with van der Waals surface area (Å²) in [6.45, 7) is 0. The van der Waals surface area contributed by atoms with Crippen LogP contribution in [0.15, 0.2) is 24.3 Å². The highest BCUT2D eigenvalue weighted by atomic mass is 19.1. The zero-order chi connectivity index (χ0) is 9.97. The fourth-order valence-electron chi connectivity index (χ4n) is 2.21. The van der Waals surface area contributed by atoms with Gasteiger partial charge in [-0.25, -0.2) is 4.39 Å². The van der Waals surface area contributed by atoms with Crippen molar-refractivity contribution in [1.82, 2.24) is 0 Å². The summed E-state index contributed by atoms with van der Waals surface area (Å²) in [5, 5.41) is 9.80. The summed E-state index contributed by atoms with van der Waals surface area (Å²) in [7, 11) is 0. The first-order valence-corrected chi connectivity index (χ1v) is 5.21. The molecule has 0 saturated heterocycles. The molecule has 1 aliphatic rings. The third-order valence-corrected chi connectivity index (χ3v) is 3.03. The molecule has 76 valence electrons.